The lowest BCUT2D eigenvalue weighted by atomic mass is 9.92. The van der Waals surface area contributed by atoms with E-state index >= 15 is 0 Å². The van der Waals surface area contributed by atoms with Gasteiger partial charge in [0.05, 0.1) is 31.1 Å². The summed E-state index contributed by atoms with van der Waals surface area (Å²) in [6, 6.07) is 7.38. The van der Waals surface area contributed by atoms with Gasteiger partial charge in [0, 0.05) is 29.6 Å². The predicted octanol–water partition coefficient (Wildman–Crippen LogP) is 5.19. The number of carbonyl (C=O) groups is 1. The van der Waals surface area contributed by atoms with Crippen LogP contribution in [0.2, 0.25) is 5.02 Å². The minimum Gasteiger partial charge on any atom is -0.495 e. The Balaban J connectivity index is 1.63. The molecular weight excluding hydrogens is 431 g/mol. The molecule has 8 heteroatoms. The Morgan fingerprint density at radius 2 is 2.03 bits per heavy atom. The van der Waals surface area contributed by atoms with Crippen molar-refractivity contribution in [1.29, 1.82) is 0 Å². The third-order valence-electron chi connectivity index (χ3n) is 5.93. The van der Waals surface area contributed by atoms with E-state index in [9.17, 15) is 18.0 Å². The van der Waals surface area contributed by atoms with Crippen molar-refractivity contribution in [2.75, 3.05) is 31.7 Å². The summed E-state index contributed by atoms with van der Waals surface area (Å²) in [7, 11) is 1.55. The molecule has 166 valence electrons. The summed E-state index contributed by atoms with van der Waals surface area (Å²) in [5, 5.41) is 0.0197. The second-order valence-corrected chi connectivity index (χ2v) is 8.51. The molecule has 0 aromatic heterocycles. The van der Waals surface area contributed by atoms with Gasteiger partial charge in [0.2, 0.25) is 0 Å². The topological polar surface area (TPSA) is 38.8 Å². The zero-order valence-corrected chi connectivity index (χ0v) is 18.0. The number of rotatable bonds is 4. The third-order valence-corrected chi connectivity index (χ3v) is 6.17. The fourth-order valence-corrected chi connectivity index (χ4v) is 4.63. The highest BCUT2D eigenvalue weighted by atomic mass is 35.5. The molecule has 0 saturated carbocycles. The first-order valence-corrected chi connectivity index (χ1v) is 10.5. The van der Waals surface area contributed by atoms with Gasteiger partial charge in [-0.25, -0.2) is 0 Å². The molecule has 2 atom stereocenters. The molecule has 0 N–H and O–H groups in total. The quantitative estimate of drug-likeness (QED) is 0.638. The van der Waals surface area contributed by atoms with Crippen molar-refractivity contribution in [2.24, 2.45) is 5.92 Å². The molecule has 2 aromatic rings. The maximum atomic E-state index is 13.5. The Kier molecular flexibility index (Phi) is 5.92. The lowest BCUT2D eigenvalue weighted by Gasteiger charge is -2.34. The van der Waals surface area contributed by atoms with Crippen LogP contribution in [0.15, 0.2) is 30.3 Å². The standard InChI is InChI=1S/C23H23ClF3NO3/c1-13-12-28(5-6-31-13)20-9-15-8-16(22(29)18(15)11-21(20)30-2)7-14-3-4-17(24)10-19(14)23(25,26)27/h3-4,9-11,13,16H,5-8,12H2,1-2H3. The van der Waals surface area contributed by atoms with Crippen LogP contribution in [0.3, 0.4) is 0 Å². The molecule has 1 aliphatic heterocycles. The van der Waals surface area contributed by atoms with Crippen LogP contribution in [0.5, 0.6) is 5.75 Å². The Hall–Kier alpha value is -2.25. The van der Waals surface area contributed by atoms with Crippen molar-refractivity contribution in [3.8, 4) is 5.75 Å². The van der Waals surface area contributed by atoms with Crippen LogP contribution >= 0.6 is 11.6 Å². The molecule has 1 heterocycles. The highest BCUT2D eigenvalue weighted by Crippen LogP contribution is 2.40. The summed E-state index contributed by atoms with van der Waals surface area (Å²) < 4.78 is 51.6. The number of Topliss-reactive ketones (excluding diaryl/α,β-unsaturated/α-hetero) is 1. The minimum absolute atomic E-state index is 0.00572. The molecule has 0 amide bonds. The van der Waals surface area contributed by atoms with E-state index in [2.05, 4.69) is 4.90 Å². The second-order valence-electron chi connectivity index (χ2n) is 8.08. The van der Waals surface area contributed by atoms with E-state index in [0.717, 1.165) is 17.3 Å². The lowest BCUT2D eigenvalue weighted by molar-refractivity contribution is -0.138. The van der Waals surface area contributed by atoms with Crippen LogP contribution < -0.4 is 9.64 Å². The van der Waals surface area contributed by atoms with E-state index < -0.39 is 17.7 Å². The molecule has 0 bridgehead atoms. The average Bonchev–Trinajstić information content (AvgIpc) is 3.02. The van der Waals surface area contributed by atoms with E-state index in [4.69, 9.17) is 21.1 Å². The van der Waals surface area contributed by atoms with Gasteiger partial charge in [0.1, 0.15) is 5.75 Å². The van der Waals surface area contributed by atoms with Gasteiger partial charge in [-0.05, 0) is 55.2 Å². The molecule has 2 aromatic carbocycles. The Bertz CT molecular complexity index is 1010. The zero-order chi connectivity index (χ0) is 22.3. The number of alkyl halides is 3. The molecule has 2 unspecified atom stereocenters. The number of nitrogens with zero attached hydrogens (tertiary/aromatic N) is 1. The first-order valence-electron chi connectivity index (χ1n) is 10.1. The molecule has 0 spiro atoms. The highest BCUT2D eigenvalue weighted by molar-refractivity contribution is 6.30. The van der Waals surface area contributed by atoms with E-state index in [1.165, 1.54) is 12.1 Å². The minimum atomic E-state index is -4.53. The number of hydrogen-bond acceptors (Lipinski definition) is 4. The lowest BCUT2D eigenvalue weighted by Crippen LogP contribution is -2.41. The molecule has 1 saturated heterocycles. The summed E-state index contributed by atoms with van der Waals surface area (Å²) in [5.74, 6) is -0.122. The number of carbonyl (C=O) groups excluding carboxylic acids is 1. The first-order chi connectivity index (χ1) is 14.7. The summed E-state index contributed by atoms with van der Waals surface area (Å²) in [6.45, 7) is 4.00. The average molecular weight is 454 g/mol. The number of methoxy groups -OCH3 is 1. The number of halogens is 4. The van der Waals surface area contributed by atoms with Crippen LogP contribution in [-0.2, 0) is 23.8 Å². The van der Waals surface area contributed by atoms with Gasteiger partial charge in [-0.15, -0.1) is 0 Å². The number of anilines is 1. The van der Waals surface area contributed by atoms with Crippen LogP contribution in [0.25, 0.3) is 0 Å². The number of benzene rings is 2. The smallest absolute Gasteiger partial charge is 0.416 e. The fraction of sp³-hybridized carbons (Fsp3) is 0.435. The van der Waals surface area contributed by atoms with Crippen LogP contribution in [0, 0.1) is 5.92 Å². The van der Waals surface area contributed by atoms with Gasteiger partial charge in [-0.1, -0.05) is 17.7 Å². The number of morpholine rings is 1. The molecule has 31 heavy (non-hydrogen) atoms. The summed E-state index contributed by atoms with van der Waals surface area (Å²) in [5.41, 5.74) is 1.54. The van der Waals surface area contributed by atoms with Crippen molar-refractivity contribution >= 4 is 23.1 Å². The molecule has 4 rings (SSSR count). The van der Waals surface area contributed by atoms with Crippen molar-refractivity contribution in [3.63, 3.8) is 0 Å². The van der Waals surface area contributed by atoms with Crippen LogP contribution in [0.1, 0.15) is 34.0 Å². The molecule has 4 nitrogen and oxygen atoms in total. The van der Waals surface area contributed by atoms with Crippen LogP contribution in [0.4, 0.5) is 18.9 Å². The number of ketones is 1. The fourth-order valence-electron chi connectivity index (χ4n) is 4.46. The van der Waals surface area contributed by atoms with E-state index in [1.54, 1.807) is 13.2 Å². The number of fused-ring (bicyclic) bond motifs is 1. The summed E-state index contributed by atoms with van der Waals surface area (Å²) >= 11 is 5.78. The summed E-state index contributed by atoms with van der Waals surface area (Å²) in [6.07, 6.45) is -4.05. The number of hydrogen-bond donors (Lipinski definition) is 0. The van der Waals surface area contributed by atoms with Crippen molar-refractivity contribution in [3.05, 3.63) is 57.6 Å². The number of ether oxygens (including phenoxy) is 2. The van der Waals surface area contributed by atoms with Gasteiger partial charge < -0.3 is 14.4 Å². The molecular formula is C23H23ClF3NO3. The van der Waals surface area contributed by atoms with E-state index in [-0.39, 0.29) is 28.9 Å². The Morgan fingerprint density at radius 3 is 2.71 bits per heavy atom. The third kappa shape index (κ3) is 4.39. The zero-order valence-electron chi connectivity index (χ0n) is 17.3. The Labute approximate surface area is 183 Å². The maximum Gasteiger partial charge on any atom is 0.416 e. The SMILES string of the molecule is COc1cc2c(cc1N1CCOC(C)C1)CC(Cc1ccc(Cl)cc1C(F)(F)F)C2=O. The normalized spacial score (nSPS) is 21.4. The van der Waals surface area contributed by atoms with Crippen LogP contribution in [-0.4, -0.2) is 38.7 Å². The van der Waals surface area contributed by atoms with Crippen molar-refractivity contribution in [2.45, 2.75) is 32.0 Å². The van der Waals surface area contributed by atoms with E-state index in [0.29, 0.717) is 37.4 Å². The predicted molar refractivity (Wildman–Crippen MR) is 112 cm³/mol. The maximum absolute atomic E-state index is 13.5. The largest absolute Gasteiger partial charge is 0.495 e. The van der Waals surface area contributed by atoms with Crippen molar-refractivity contribution in [1.82, 2.24) is 0 Å². The van der Waals surface area contributed by atoms with E-state index in [1.807, 2.05) is 13.0 Å². The second kappa shape index (κ2) is 8.36. The first kappa shape index (κ1) is 22.0. The van der Waals surface area contributed by atoms with Gasteiger partial charge >= 0.3 is 6.18 Å². The molecule has 1 aliphatic carbocycles. The molecule has 1 fully saturated rings. The highest BCUT2D eigenvalue weighted by Gasteiger charge is 2.37. The molecule has 0 radical (unpaired) electrons. The van der Waals surface area contributed by atoms with Gasteiger partial charge in [0.15, 0.2) is 5.78 Å². The van der Waals surface area contributed by atoms with Gasteiger partial charge in [0.25, 0.3) is 0 Å². The Morgan fingerprint density at radius 1 is 1.26 bits per heavy atom. The van der Waals surface area contributed by atoms with Gasteiger partial charge in [-0.2, -0.15) is 13.2 Å². The van der Waals surface area contributed by atoms with Crippen molar-refractivity contribution < 1.29 is 27.4 Å². The molecule has 2 aliphatic rings. The van der Waals surface area contributed by atoms with Gasteiger partial charge in [-0.3, -0.25) is 4.79 Å². The summed E-state index contributed by atoms with van der Waals surface area (Å²) in [4.78, 5) is 15.2. The monoisotopic (exact) mass is 453 g/mol.